The number of morpholine rings is 1. The lowest BCUT2D eigenvalue weighted by molar-refractivity contribution is 0.0730. The number of carbonyl (C=O) groups is 1. The van der Waals surface area contributed by atoms with E-state index in [1.807, 2.05) is 18.2 Å². The maximum atomic E-state index is 13.1. The van der Waals surface area contributed by atoms with Gasteiger partial charge in [0.1, 0.15) is 4.90 Å². The molecule has 2 aromatic rings. The molecule has 0 radical (unpaired) electrons. The zero-order valence-electron chi connectivity index (χ0n) is 17.5. The van der Waals surface area contributed by atoms with E-state index in [0.29, 0.717) is 19.8 Å². The summed E-state index contributed by atoms with van der Waals surface area (Å²) in [5.41, 5.74) is 2.17. The van der Waals surface area contributed by atoms with E-state index in [9.17, 15) is 13.2 Å². The molecule has 0 spiro atoms. The normalized spacial score (nSPS) is 17.5. The van der Waals surface area contributed by atoms with E-state index in [0.717, 1.165) is 37.2 Å². The molecular weight excluding hydrogens is 473 g/mol. The van der Waals surface area contributed by atoms with Crippen LogP contribution in [0.3, 0.4) is 0 Å². The number of nitrogens with zero attached hydrogens (tertiary/aromatic N) is 2. The largest absolute Gasteiger partial charge is 0.379 e. The summed E-state index contributed by atoms with van der Waals surface area (Å²) >= 11 is 12.5. The predicted octanol–water partition coefficient (Wildman–Crippen LogP) is 3.54. The van der Waals surface area contributed by atoms with Gasteiger partial charge >= 0.3 is 0 Å². The van der Waals surface area contributed by atoms with Crippen LogP contribution in [-0.4, -0.2) is 58.0 Å². The summed E-state index contributed by atoms with van der Waals surface area (Å²) in [6.07, 6.45) is 2.31. The number of halogens is 2. The van der Waals surface area contributed by atoms with Crippen LogP contribution in [0.1, 0.15) is 28.8 Å². The second kappa shape index (κ2) is 9.97. The van der Waals surface area contributed by atoms with E-state index in [4.69, 9.17) is 27.9 Å². The van der Waals surface area contributed by atoms with E-state index in [2.05, 4.69) is 16.3 Å². The predicted molar refractivity (Wildman–Crippen MR) is 125 cm³/mol. The first-order chi connectivity index (χ1) is 15.4. The molecule has 32 heavy (non-hydrogen) atoms. The fourth-order valence-electron chi connectivity index (χ4n) is 4.02. The lowest BCUT2D eigenvalue weighted by Gasteiger charge is -2.26. The Morgan fingerprint density at radius 3 is 2.41 bits per heavy atom. The van der Waals surface area contributed by atoms with Crippen LogP contribution in [0, 0.1) is 0 Å². The first kappa shape index (κ1) is 23.3. The average molecular weight is 498 g/mol. The molecule has 0 aliphatic carbocycles. The third-order valence-electron chi connectivity index (χ3n) is 5.73. The zero-order valence-corrected chi connectivity index (χ0v) is 19.8. The SMILES string of the molecule is O=C(NCc1ccccc1N1CCCC1)c1cc(S(=O)(=O)N2CCOCC2)c(Cl)cc1Cl. The molecule has 0 unspecified atom stereocenters. The number of hydrogen-bond donors (Lipinski definition) is 1. The Kier molecular flexibility index (Phi) is 7.27. The highest BCUT2D eigenvalue weighted by Crippen LogP contribution is 2.31. The fourth-order valence-corrected chi connectivity index (χ4v) is 6.27. The van der Waals surface area contributed by atoms with Crippen LogP contribution in [0.25, 0.3) is 0 Å². The molecule has 1 amide bonds. The van der Waals surface area contributed by atoms with Crippen molar-refractivity contribution in [2.24, 2.45) is 0 Å². The van der Waals surface area contributed by atoms with Gasteiger partial charge in [-0.15, -0.1) is 0 Å². The molecular formula is C22H25Cl2N3O4S. The molecule has 7 nitrogen and oxygen atoms in total. The van der Waals surface area contributed by atoms with E-state index >= 15 is 0 Å². The molecule has 172 valence electrons. The molecule has 2 aliphatic rings. The van der Waals surface area contributed by atoms with Gasteiger partial charge in [-0.1, -0.05) is 41.4 Å². The van der Waals surface area contributed by atoms with Crippen molar-refractivity contribution >= 4 is 44.8 Å². The number of benzene rings is 2. The molecule has 2 aliphatic heterocycles. The van der Waals surface area contributed by atoms with Gasteiger partial charge in [-0.2, -0.15) is 4.31 Å². The monoisotopic (exact) mass is 497 g/mol. The molecule has 2 fully saturated rings. The van der Waals surface area contributed by atoms with Crippen molar-refractivity contribution < 1.29 is 17.9 Å². The molecule has 2 aromatic carbocycles. The topological polar surface area (TPSA) is 79.0 Å². The van der Waals surface area contributed by atoms with Crippen LogP contribution < -0.4 is 10.2 Å². The standard InChI is InChI=1S/C22H25Cl2N3O4S/c23-18-14-19(24)21(32(29,30)27-9-11-31-12-10-27)13-17(18)22(28)25-15-16-5-1-2-6-20(16)26-7-3-4-8-26/h1-2,5-6,13-14H,3-4,7-12,15H2,(H,25,28). The van der Waals surface area contributed by atoms with Crippen LogP contribution in [-0.2, 0) is 21.3 Å². The van der Waals surface area contributed by atoms with Crippen LogP contribution in [0.5, 0.6) is 0 Å². The van der Waals surface area contributed by atoms with Crippen LogP contribution in [0.4, 0.5) is 5.69 Å². The first-order valence-corrected chi connectivity index (χ1v) is 12.8. The van der Waals surface area contributed by atoms with Crippen molar-refractivity contribution in [3.05, 3.63) is 57.6 Å². The Hall–Kier alpha value is -1.84. The van der Waals surface area contributed by atoms with Crippen molar-refractivity contribution in [1.29, 1.82) is 0 Å². The molecule has 2 heterocycles. The Morgan fingerprint density at radius 2 is 1.69 bits per heavy atom. The number of ether oxygens (including phenoxy) is 1. The third-order valence-corrected chi connectivity index (χ3v) is 8.41. The Labute approximate surface area is 198 Å². The minimum absolute atomic E-state index is 0.0163. The quantitative estimate of drug-likeness (QED) is 0.659. The zero-order chi connectivity index (χ0) is 22.7. The minimum Gasteiger partial charge on any atom is -0.379 e. The number of rotatable bonds is 6. The maximum absolute atomic E-state index is 13.1. The summed E-state index contributed by atoms with van der Waals surface area (Å²) in [5.74, 6) is -0.457. The molecule has 0 aromatic heterocycles. The first-order valence-electron chi connectivity index (χ1n) is 10.6. The molecule has 2 saturated heterocycles. The second-order valence-corrected chi connectivity index (χ2v) is 10.5. The van der Waals surface area contributed by atoms with Gasteiger partial charge < -0.3 is 15.0 Å². The summed E-state index contributed by atoms with van der Waals surface area (Å²) in [7, 11) is -3.87. The number of para-hydroxylation sites is 1. The van der Waals surface area contributed by atoms with Crippen molar-refractivity contribution in [2.45, 2.75) is 24.3 Å². The van der Waals surface area contributed by atoms with Crippen LogP contribution in [0.15, 0.2) is 41.3 Å². The Balaban J connectivity index is 1.55. The molecule has 10 heteroatoms. The minimum atomic E-state index is -3.87. The van der Waals surface area contributed by atoms with Gasteiger partial charge in [0.05, 0.1) is 28.8 Å². The number of hydrogen-bond acceptors (Lipinski definition) is 5. The highest BCUT2D eigenvalue weighted by atomic mass is 35.5. The molecule has 0 bridgehead atoms. The van der Waals surface area contributed by atoms with Crippen molar-refractivity contribution in [1.82, 2.24) is 9.62 Å². The summed E-state index contributed by atoms with van der Waals surface area (Å²) in [5, 5.41) is 2.96. The Bertz CT molecular complexity index is 1100. The lowest BCUT2D eigenvalue weighted by Crippen LogP contribution is -2.40. The molecule has 1 N–H and O–H groups in total. The summed E-state index contributed by atoms with van der Waals surface area (Å²) in [6, 6.07) is 10.5. The van der Waals surface area contributed by atoms with Gasteiger partial charge in [-0.05, 0) is 36.6 Å². The number of nitrogens with one attached hydrogen (secondary N) is 1. The van der Waals surface area contributed by atoms with Crippen molar-refractivity contribution in [3.8, 4) is 0 Å². The molecule has 0 saturated carbocycles. The van der Waals surface area contributed by atoms with Gasteiger partial charge in [0.2, 0.25) is 10.0 Å². The highest BCUT2D eigenvalue weighted by Gasteiger charge is 2.30. The van der Waals surface area contributed by atoms with E-state index in [1.54, 1.807) is 0 Å². The summed E-state index contributed by atoms with van der Waals surface area (Å²) < 4.78 is 32.7. The number of sulfonamides is 1. The second-order valence-electron chi connectivity index (χ2n) is 7.78. The number of amides is 1. The van der Waals surface area contributed by atoms with Gasteiger partial charge in [-0.3, -0.25) is 4.79 Å². The van der Waals surface area contributed by atoms with Crippen LogP contribution >= 0.6 is 23.2 Å². The van der Waals surface area contributed by atoms with Crippen LogP contribution in [0.2, 0.25) is 10.0 Å². The van der Waals surface area contributed by atoms with Gasteiger partial charge in [-0.25, -0.2) is 8.42 Å². The van der Waals surface area contributed by atoms with Gasteiger partial charge in [0.15, 0.2) is 0 Å². The third kappa shape index (κ3) is 4.89. The smallest absolute Gasteiger partial charge is 0.253 e. The van der Waals surface area contributed by atoms with Gasteiger partial charge in [0, 0.05) is 38.4 Å². The molecule has 4 rings (SSSR count). The van der Waals surface area contributed by atoms with E-state index < -0.39 is 15.9 Å². The highest BCUT2D eigenvalue weighted by molar-refractivity contribution is 7.89. The number of anilines is 1. The van der Waals surface area contributed by atoms with Crippen molar-refractivity contribution in [2.75, 3.05) is 44.3 Å². The summed E-state index contributed by atoms with van der Waals surface area (Å²) in [4.78, 5) is 15.1. The van der Waals surface area contributed by atoms with E-state index in [1.165, 1.54) is 16.4 Å². The van der Waals surface area contributed by atoms with Gasteiger partial charge in [0.25, 0.3) is 5.91 Å². The fraction of sp³-hybridized carbons (Fsp3) is 0.409. The number of carbonyl (C=O) groups excluding carboxylic acids is 1. The molecule has 0 atom stereocenters. The Morgan fingerprint density at radius 1 is 1.00 bits per heavy atom. The van der Waals surface area contributed by atoms with E-state index in [-0.39, 0.29) is 33.6 Å². The maximum Gasteiger partial charge on any atom is 0.253 e. The average Bonchev–Trinajstić information content (AvgIpc) is 3.33. The lowest BCUT2D eigenvalue weighted by atomic mass is 10.1. The van der Waals surface area contributed by atoms with Crippen molar-refractivity contribution in [3.63, 3.8) is 0 Å². The summed E-state index contributed by atoms with van der Waals surface area (Å²) in [6.45, 7) is 3.39.